The number of hydrogen-bond donors (Lipinski definition) is 1. The SMILES string of the molecule is CCC(CC)C(=O)Nc1cccc(C[S@@](=O)CCOC)c1. The molecule has 4 nitrogen and oxygen atoms in total. The molecule has 1 aromatic carbocycles. The second-order valence-corrected chi connectivity index (χ2v) is 6.56. The molecule has 5 heteroatoms. The molecule has 0 aliphatic heterocycles. The molecule has 1 atom stereocenters. The maximum Gasteiger partial charge on any atom is 0.227 e. The van der Waals surface area contributed by atoms with Gasteiger partial charge in [-0.25, -0.2) is 0 Å². The average Bonchev–Trinajstić information content (AvgIpc) is 2.46. The fourth-order valence-electron chi connectivity index (χ4n) is 2.08. The normalized spacial score (nSPS) is 12.4. The molecule has 21 heavy (non-hydrogen) atoms. The van der Waals surface area contributed by atoms with Gasteiger partial charge < -0.3 is 10.1 Å². The van der Waals surface area contributed by atoms with Gasteiger partial charge in [-0.1, -0.05) is 26.0 Å². The quantitative estimate of drug-likeness (QED) is 0.763. The Balaban J connectivity index is 2.63. The van der Waals surface area contributed by atoms with Crippen molar-refractivity contribution in [2.75, 3.05) is 24.8 Å². The summed E-state index contributed by atoms with van der Waals surface area (Å²) in [4.78, 5) is 12.1. The lowest BCUT2D eigenvalue weighted by Crippen LogP contribution is -2.21. The monoisotopic (exact) mass is 311 g/mol. The third-order valence-corrected chi connectivity index (χ3v) is 4.67. The standard InChI is InChI=1S/C16H25NO3S/c1-4-14(5-2)16(18)17-15-8-6-7-13(11-15)12-21(19)10-9-20-3/h6-8,11,14H,4-5,9-10,12H2,1-3H3,(H,17,18)/t21-/m0/s1. The maximum atomic E-state index is 12.1. The van der Waals surface area contributed by atoms with Crippen LogP contribution in [0, 0.1) is 5.92 Å². The van der Waals surface area contributed by atoms with Gasteiger partial charge in [0.05, 0.1) is 6.61 Å². The van der Waals surface area contributed by atoms with Crippen molar-refractivity contribution < 1.29 is 13.7 Å². The Labute approximate surface area is 129 Å². The number of carbonyl (C=O) groups is 1. The number of anilines is 1. The molecule has 0 heterocycles. The van der Waals surface area contributed by atoms with E-state index in [9.17, 15) is 9.00 Å². The number of rotatable bonds is 9. The lowest BCUT2D eigenvalue weighted by molar-refractivity contribution is -0.120. The third kappa shape index (κ3) is 6.40. The van der Waals surface area contributed by atoms with Gasteiger partial charge in [0, 0.05) is 41.0 Å². The van der Waals surface area contributed by atoms with Crippen LogP contribution < -0.4 is 5.32 Å². The lowest BCUT2D eigenvalue weighted by Gasteiger charge is -2.13. The average molecular weight is 311 g/mol. The highest BCUT2D eigenvalue weighted by Gasteiger charge is 2.14. The number of methoxy groups -OCH3 is 1. The van der Waals surface area contributed by atoms with E-state index in [0.717, 1.165) is 24.1 Å². The Hall–Kier alpha value is -1.20. The van der Waals surface area contributed by atoms with Crippen LogP contribution in [-0.4, -0.2) is 29.6 Å². The Morgan fingerprint density at radius 3 is 2.67 bits per heavy atom. The molecule has 0 saturated heterocycles. The van der Waals surface area contributed by atoms with Crippen molar-refractivity contribution in [3.63, 3.8) is 0 Å². The van der Waals surface area contributed by atoms with Crippen LogP contribution >= 0.6 is 0 Å². The predicted octanol–water partition coefficient (Wildman–Crippen LogP) is 2.96. The first-order chi connectivity index (χ1) is 10.1. The second-order valence-electron chi connectivity index (χ2n) is 4.98. The first-order valence-corrected chi connectivity index (χ1v) is 8.83. The summed E-state index contributed by atoms with van der Waals surface area (Å²) in [5, 5.41) is 2.94. The summed E-state index contributed by atoms with van der Waals surface area (Å²) < 4.78 is 16.8. The molecule has 1 rings (SSSR count). The molecule has 0 unspecified atom stereocenters. The highest BCUT2D eigenvalue weighted by atomic mass is 32.2. The van der Waals surface area contributed by atoms with Crippen LogP contribution in [0.2, 0.25) is 0 Å². The summed E-state index contributed by atoms with van der Waals surface area (Å²) in [6.45, 7) is 4.53. The molecule has 118 valence electrons. The van der Waals surface area contributed by atoms with Gasteiger partial charge in [0.25, 0.3) is 0 Å². The molecule has 0 fully saturated rings. The summed E-state index contributed by atoms with van der Waals surface area (Å²) >= 11 is 0. The van der Waals surface area contributed by atoms with E-state index in [1.54, 1.807) is 7.11 Å². The van der Waals surface area contributed by atoms with E-state index < -0.39 is 10.8 Å². The van der Waals surface area contributed by atoms with Gasteiger partial charge in [-0.05, 0) is 30.5 Å². The fourth-order valence-corrected chi connectivity index (χ4v) is 3.13. The second kappa shape index (κ2) is 9.68. The Kier molecular flexibility index (Phi) is 8.23. The minimum absolute atomic E-state index is 0.0458. The molecule has 0 spiro atoms. The number of nitrogens with one attached hydrogen (secondary N) is 1. The van der Waals surface area contributed by atoms with Crippen LogP contribution in [-0.2, 0) is 26.1 Å². The molecule has 1 amide bonds. The van der Waals surface area contributed by atoms with Crippen molar-refractivity contribution >= 4 is 22.4 Å². The van der Waals surface area contributed by atoms with E-state index in [1.807, 2.05) is 38.1 Å². The summed E-state index contributed by atoms with van der Waals surface area (Å²) in [6.07, 6.45) is 1.67. The van der Waals surface area contributed by atoms with Gasteiger partial charge in [-0.2, -0.15) is 0 Å². The zero-order valence-electron chi connectivity index (χ0n) is 13.1. The fraction of sp³-hybridized carbons (Fsp3) is 0.562. The van der Waals surface area contributed by atoms with Crippen LogP contribution in [0.1, 0.15) is 32.3 Å². The highest BCUT2D eigenvalue weighted by Crippen LogP contribution is 2.16. The number of benzene rings is 1. The van der Waals surface area contributed by atoms with Crippen molar-refractivity contribution in [1.82, 2.24) is 0 Å². The molecule has 0 aromatic heterocycles. The minimum Gasteiger partial charge on any atom is -0.384 e. The van der Waals surface area contributed by atoms with Crippen LogP contribution in [0.3, 0.4) is 0 Å². The van der Waals surface area contributed by atoms with E-state index in [4.69, 9.17) is 4.74 Å². The summed E-state index contributed by atoms with van der Waals surface area (Å²) in [5.74, 6) is 1.11. The number of amides is 1. The number of carbonyl (C=O) groups excluding carboxylic acids is 1. The van der Waals surface area contributed by atoms with Crippen LogP contribution in [0.4, 0.5) is 5.69 Å². The maximum absolute atomic E-state index is 12.1. The lowest BCUT2D eigenvalue weighted by atomic mass is 10.0. The minimum atomic E-state index is -0.942. The van der Waals surface area contributed by atoms with Gasteiger partial charge >= 0.3 is 0 Å². The van der Waals surface area contributed by atoms with Crippen molar-refractivity contribution in [1.29, 1.82) is 0 Å². The van der Waals surface area contributed by atoms with Gasteiger partial charge in [-0.3, -0.25) is 9.00 Å². The number of ether oxygens (including phenoxy) is 1. The first-order valence-electron chi connectivity index (χ1n) is 7.34. The van der Waals surface area contributed by atoms with Crippen LogP contribution in [0.15, 0.2) is 24.3 Å². The van der Waals surface area contributed by atoms with Crippen molar-refractivity contribution in [3.8, 4) is 0 Å². The highest BCUT2D eigenvalue weighted by molar-refractivity contribution is 7.84. The molecule has 0 radical (unpaired) electrons. The van der Waals surface area contributed by atoms with E-state index in [2.05, 4.69) is 5.32 Å². The van der Waals surface area contributed by atoms with E-state index >= 15 is 0 Å². The zero-order valence-corrected chi connectivity index (χ0v) is 13.9. The molecule has 0 bridgehead atoms. The van der Waals surface area contributed by atoms with Gasteiger partial charge in [0.15, 0.2) is 0 Å². The Bertz CT molecular complexity index is 472. The summed E-state index contributed by atoms with van der Waals surface area (Å²) in [7, 11) is 0.661. The smallest absolute Gasteiger partial charge is 0.227 e. The van der Waals surface area contributed by atoms with E-state index in [0.29, 0.717) is 18.1 Å². The van der Waals surface area contributed by atoms with Crippen LogP contribution in [0.5, 0.6) is 0 Å². The van der Waals surface area contributed by atoms with Gasteiger partial charge in [0.2, 0.25) is 5.91 Å². The largest absolute Gasteiger partial charge is 0.384 e. The molecular formula is C16H25NO3S. The Morgan fingerprint density at radius 2 is 2.05 bits per heavy atom. The molecule has 0 aliphatic rings. The molecule has 0 saturated carbocycles. The first kappa shape index (κ1) is 17.9. The zero-order chi connectivity index (χ0) is 15.7. The summed E-state index contributed by atoms with van der Waals surface area (Å²) in [6, 6.07) is 7.57. The third-order valence-electron chi connectivity index (χ3n) is 3.39. The molecule has 1 aromatic rings. The van der Waals surface area contributed by atoms with Crippen molar-refractivity contribution in [3.05, 3.63) is 29.8 Å². The van der Waals surface area contributed by atoms with Gasteiger partial charge in [-0.15, -0.1) is 0 Å². The van der Waals surface area contributed by atoms with E-state index in [1.165, 1.54) is 0 Å². The molecule has 1 N–H and O–H groups in total. The predicted molar refractivity (Wildman–Crippen MR) is 87.7 cm³/mol. The van der Waals surface area contributed by atoms with Crippen molar-refractivity contribution in [2.24, 2.45) is 5.92 Å². The molecule has 0 aliphatic carbocycles. The van der Waals surface area contributed by atoms with Crippen LogP contribution in [0.25, 0.3) is 0 Å². The molecular weight excluding hydrogens is 286 g/mol. The van der Waals surface area contributed by atoms with Gasteiger partial charge in [0.1, 0.15) is 0 Å². The van der Waals surface area contributed by atoms with Crippen molar-refractivity contribution in [2.45, 2.75) is 32.4 Å². The summed E-state index contributed by atoms with van der Waals surface area (Å²) in [5.41, 5.74) is 1.74. The van der Waals surface area contributed by atoms with E-state index in [-0.39, 0.29) is 11.8 Å². The Morgan fingerprint density at radius 1 is 1.33 bits per heavy atom. The number of hydrogen-bond acceptors (Lipinski definition) is 3. The topological polar surface area (TPSA) is 55.4 Å².